The molecule has 1 aliphatic carbocycles. The summed E-state index contributed by atoms with van der Waals surface area (Å²) < 4.78 is 1.03. The number of nitrogens with one attached hydrogen (secondary N) is 2. The number of amides is 2. The first-order valence-corrected chi connectivity index (χ1v) is 7.26. The van der Waals surface area contributed by atoms with Crippen LogP contribution in [0.25, 0.3) is 0 Å². The molecule has 1 aliphatic heterocycles. The van der Waals surface area contributed by atoms with Gasteiger partial charge in [-0.05, 0) is 37.0 Å². The van der Waals surface area contributed by atoms with Gasteiger partial charge in [0.25, 0.3) is 0 Å². The Balaban J connectivity index is 1.70. The summed E-state index contributed by atoms with van der Waals surface area (Å²) in [7, 11) is 0. The van der Waals surface area contributed by atoms with Crippen LogP contribution in [0.1, 0.15) is 31.2 Å². The van der Waals surface area contributed by atoms with E-state index in [0.29, 0.717) is 12.8 Å². The number of rotatable bonds is 3. The van der Waals surface area contributed by atoms with Gasteiger partial charge in [-0.15, -0.1) is 0 Å². The summed E-state index contributed by atoms with van der Waals surface area (Å²) in [6, 6.07) is 7.67. The fourth-order valence-electron chi connectivity index (χ4n) is 2.51. The highest BCUT2D eigenvalue weighted by molar-refractivity contribution is 9.10. The fraction of sp³-hybridized carbons (Fsp3) is 0.429. The van der Waals surface area contributed by atoms with Gasteiger partial charge in [0.05, 0.1) is 5.54 Å². The quantitative estimate of drug-likeness (QED) is 0.892. The van der Waals surface area contributed by atoms with Crippen LogP contribution in [0.3, 0.4) is 0 Å². The molecule has 2 aliphatic rings. The van der Waals surface area contributed by atoms with Gasteiger partial charge in [0.15, 0.2) is 0 Å². The Labute approximate surface area is 120 Å². The highest BCUT2D eigenvalue weighted by Crippen LogP contribution is 2.45. The molecule has 0 bridgehead atoms. The second-order valence-electron chi connectivity index (χ2n) is 5.24. The molecule has 1 atom stereocenters. The van der Waals surface area contributed by atoms with E-state index in [0.717, 1.165) is 22.9 Å². The highest BCUT2D eigenvalue weighted by Gasteiger charge is 2.46. The van der Waals surface area contributed by atoms with Crippen LogP contribution < -0.4 is 10.6 Å². The van der Waals surface area contributed by atoms with Crippen LogP contribution in [-0.4, -0.2) is 17.9 Å². The average molecular weight is 323 g/mol. The normalized spacial score (nSPS) is 23.8. The van der Waals surface area contributed by atoms with E-state index in [-0.39, 0.29) is 23.4 Å². The monoisotopic (exact) mass is 322 g/mol. The Morgan fingerprint density at radius 2 is 2.00 bits per heavy atom. The number of halogens is 1. The first-order chi connectivity index (χ1) is 9.09. The van der Waals surface area contributed by atoms with E-state index in [1.807, 2.05) is 24.3 Å². The fourth-order valence-corrected chi connectivity index (χ4v) is 2.78. The van der Waals surface area contributed by atoms with Gasteiger partial charge in [-0.25, -0.2) is 0 Å². The predicted octanol–water partition coefficient (Wildman–Crippen LogP) is 1.83. The van der Waals surface area contributed by atoms with E-state index in [9.17, 15) is 9.59 Å². The number of benzene rings is 1. The topological polar surface area (TPSA) is 58.2 Å². The molecule has 0 radical (unpaired) electrons. The van der Waals surface area contributed by atoms with Crippen molar-refractivity contribution in [2.24, 2.45) is 0 Å². The maximum Gasteiger partial charge on any atom is 0.243 e. The van der Waals surface area contributed by atoms with Crippen molar-refractivity contribution >= 4 is 27.7 Å². The predicted molar refractivity (Wildman–Crippen MR) is 74.4 cm³/mol. The molecule has 1 heterocycles. The Morgan fingerprint density at radius 1 is 1.32 bits per heavy atom. The maximum absolute atomic E-state index is 12.2. The van der Waals surface area contributed by atoms with Gasteiger partial charge in [-0.2, -0.15) is 0 Å². The van der Waals surface area contributed by atoms with Gasteiger partial charge in [-0.1, -0.05) is 28.1 Å². The lowest BCUT2D eigenvalue weighted by Gasteiger charge is -2.20. The van der Waals surface area contributed by atoms with Crippen molar-refractivity contribution in [1.82, 2.24) is 10.6 Å². The SMILES string of the molecule is O=C1CCC(C(=O)NC2(c3ccc(Br)cc3)CC2)N1. The molecule has 2 fully saturated rings. The van der Waals surface area contributed by atoms with E-state index in [2.05, 4.69) is 26.6 Å². The Bertz CT molecular complexity index is 523. The van der Waals surface area contributed by atoms with E-state index in [4.69, 9.17) is 0 Å². The lowest BCUT2D eigenvalue weighted by atomic mass is 10.0. The summed E-state index contributed by atoms with van der Waals surface area (Å²) in [5.41, 5.74) is 0.916. The van der Waals surface area contributed by atoms with Crippen molar-refractivity contribution in [3.05, 3.63) is 34.3 Å². The van der Waals surface area contributed by atoms with E-state index < -0.39 is 0 Å². The molecule has 1 saturated carbocycles. The van der Waals surface area contributed by atoms with Crippen molar-refractivity contribution in [3.63, 3.8) is 0 Å². The molecule has 5 heteroatoms. The first kappa shape index (κ1) is 12.7. The lowest BCUT2D eigenvalue weighted by Crippen LogP contribution is -2.46. The standard InChI is InChI=1S/C14H15BrN2O2/c15-10-3-1-9(2-4-10)14(7-8-14)17-13(19)11-5-6-12(18)16-11/h1-4,11H,5-8H2,(H,16,18)(H,17,19). The summed E-state index contributed by atoms with van der Waals surface area (Å²) in [6.45, 7) is 0. The summed E-state index contributed by atoms with van der Waals surface area (Å²) in [6.07, 6.45) is 2.96. The molecule has 1 aromatic rings. The summed E-state index contributed by atoms with van der Waals surface area (Å²) >= 11 is 3.41. The van der Waals surface area contributed by atoms with E-state index in [1.165, 1.54) is 0 Å². The molecule has 0 aromatic heterocycles. The molecule has 100 valence electrons. The first-order valence-electron chi connectivity index (χ1n) is 6.46. The second-order valence-corrected chi connectivity index (χ2v) is 6.15. The molecular weight excluding hydrogens is 308 g/mol. The summed E-state index contributed by atoms with van der Waals surface area (Å²) in [5, 5.41) is 5.80. The minimum Gasteiger partial charge on any atom is -0.345 e. The van der Waals surface area contributed by atoms with E-state index >= 15 is 0 Å². The zero-order valence-electron chi connectivity index (χ0n) is 10.4. The van der Waals surface area contributed by atoms with Crippen LogP contribution >= 0.6 is 15.9 Å². The molecule has 19 heavy (non-hydrogen) atoms. The van der Waals surface area contributed by atoms with Crippen molar-refractivity contribution in [2.75, 3.05) is 0 Å². The Hall–Kier alpha value is -1.36. The molecule has 2 N–H and O–H groups in total. The van der Waals surface area contributed by atoms with Gasteiger partial charge < -0.3 is 10.6 Å². The minimum absolute atomic E-state index is 0.0337. The average Bonchev–Trinajstić information content (AvgIpc) is 3.03. The number of carbonyl (C=O) groups is 2. The molecule has 2 amide bonds. The zero-order chi connectivity index (χ0) is 13.5. The molecular formula is C14H15BrN2O2. The molecule has 0 spiro atoms. The van der Waals surface area contributed by atoms with Crippen LogP contribution in [0.2, 0.25) is 0 Å². The van der Waals surface area contributed by atoms with E-state index in [1.54, 1.807) is 0 Å². The molecule has 1 saturated heterocycles. The lowest BCUT2D eigenvalue weighted by molar-refractivity contribution is -0.126. The van der Waals surface area contributed by atoms with Crippen LogP contribution in [0.5, 0.6) is 0 Å². The van der Waals surface area contributed by atoms with Crippen molar-refractivity contribution in [2.45, 2.75) is 37.3 Å². The van der Waals surface area contributed by atoms with Gasteiger partial charge in [-0.3, -0.25) is 9.59 Å². The maximum atomic E-state index is 12.2. The molecule has 3 rings (SSSR count). The van der Waals surface area contributed by atoms with Gasteiger partial charge in [0, 0.05) is 10.9 Å². The van der Waals surface area contributed by atoms with Crippen LogP contribution in [-0.2, 0) is 15.1 Å². The van der Waals surface area contributed by atoms with Crippen LogP contribution in [0.4, 0.5) is 0 Å². The Morgan fingerprint density at radius 3 is 2.53 bits per heavy atom. The number of hydrogen-bond donors (Lipinski definition) is 2. The van der Waals surface area contributed by atoms with Gasteiger partial charge >= 0.3 is 0 Å². The smallest absolute Gasteiger partial charge is 0.243 e. The van der Waals surface area contributed by atoms with Gasteiger partial charge in [0.1, 0.15) is 6.04 Å². The third-order valence-corrected chi connectivity index (χ3v) is 4.35. The summed E-state index contributed by atoms with van der Waals surface area (Å²) in [4.78, 5) is 23.3. The largest absolute Gasteiger partial charge is 0.345 e. The van der Waals surface area contributed by atoms with Crippen molar-refractivity contribution < 1.29 is 9.59 Å². The highest BCUT2D eigenvalue weighted by atomic mass is 79.9. The number of carbonyl (C=O) groups excluding carboxylic acids is 2. The van der Waals surface area contributed by atoms with Crippen molar-refractivity contribution in [3.8, 4) is 0 Å². The molecule has 1 aromatic carbocycles. The van der Waals surface area contributed by atoms with Crippen LogP contribution in [0.15, 0.2) is 28.7 Å². The summed E-state index contributed by atoms with van der Waals surface area (Å²) in [5.74, 6) is -0.0973. The third kappa shape index (κ3) is 2.52. The Kier molecular flexibility index (Phi) is 3.09. The van der Waals surface area contributed by atoms with Gasteiger partial charge in [0.2, 0.25) is 11.8 Å². The zero-order valence-corrected chi connectivity index (χ0v) is 12.0. The molecule has 4 nitrogen and oxygen atoms in total. The molecule has 1 unspecified atom stereocenters. The van der Waals surface area contributed by atoms with Crippen molar-refractivity contribution in [1.29, 1.82) is 0 Å². The van der Waals surface area contributed by atoms with Crippen LogP contribution in [0, 0.1) is 0 Å². The second kappa shape index (κ2) is 4.63. The third-order valence-electron chi connectivity index (χ3n) is 3.82. The number of hydrogen-bond acceptors (Lipinski definition) is 2. The minimum atomic E-state index is -0.361.